The van der Waals surface area contributed by atoms with Crippen molar-refractivity contribution >= 4 is 80.7 Å². The van der Waals surface area contributed by atoms with Crippen LogP contribution in [-0.4, -0.2) is 79.8 Å². The Morgan fingerprint density at radius 1 is 0.926 bits per heavy atom. The molecule has 1 aliphatic heterocycles. The van der Waals surface area contributed by atoms with Crippen LogP contribution >= 0.6 is 63.7 Å². The van der Waals surface area contributed by atoms with Gasteiger partial charge in [0.05, 0.1) is 42.1 Å². The van der Waals surface area contributed by atoms with Crippen LogP contribution in [0.2, 0.25) is 0 Å². The van der Waals surface area contributed by atoms with E-state index in [4.69, 9.17) is 4.98 Å². The highest BCUT2D eigenvalue weighted by atomic mass is 79.9. The van der Waals surface area contributed by atoms with Crippen molar-refractivity contribution in [3.63, 3.8) is 0 Å². The largest absolute Gasteiger partial charge is 1.00 e. The Labute approximate surface area is 205 Å². The van der Waals surface area contributed by atoms with Gasteiger partial charge in [0.15, 0.2) is 0 Å². The number of aromatic amines is 1. The number of hydrogen-bond acceptors (Lipinski definition) is 3. The second-order valence-electron chi connectivity index (χ2n) is 7.74. The molecule has 1 N–H and O–H groups in total. The number of quaternary nitrogens is 1. The number of imidazole rings is 1. The first-order valence-electron chi connectivity index (χ1n) is 8.67. The van der Waals surface area contributed by atoms with Crippen molar-refractivity contribution in [2.45, 2.75) is 6.42 Å². The molecule has 0 atom stereocenters. The topological polar surface area (TPSA) is 35.2 Å². The van der Waals surface area contributed by atoms with Crippen molar-refractivity contribution in [1.82, 2.24) is 14.9 Å². The summed E-state index contributed by atoms with van der Waals surface area (Å²) in [6.45, 7) is 6.58. The summed E-state index contributed by atoms with van der Waals surface area (Å²) in [5, 5.41) is 0. The van der Waals surface area contributed by atoms with Gasteiger partial charge in [0.25, 0.3) is 0 Å². The van der Waals surface area contributed by atoms with E-state index in [1.165, 1.54) is 19.5 Å². The third-order valence-corrected chi connectivity index (χ3v) is 9.42. The summed E-state index contributed by atoms with van der Waals surface area (Å²) >= 11 is 14.5. The van der Waals surface area contributed by atoms with Crippen LogP contribution in [0.1, 0.15) is 6.42 Å². The van der Waals surface area contributed by atoms with E-state index in [-0.39, 0.29) is 17.0 Å². The zero-order chi connectivity index (χ0) is 19.1. The molecule has 0 unspecified atom stereocenters. The van der Waals surface area contributed by atoms with Crippen LogP contribution in [0, 0.1) is 0 Å². The molecule has 10 heteroatoms. The van der Waals surface area contributed by atoms with Crippen molar-refractivity contribution in [1.29, 1.82) is 0 Å². The van der Waals surface area contributed by atoms with Gasteiger partial charge in [-0.1, -0.05) is 0 Å². The minimum atomic E-state index is 0. The fraction of sp³-hybridized carbons (Fsp3) is 0.588. The molecule has 0 spiro atoms. The maximum absolute atomic E-state index is 4.84. The van der Waals surface area contributed by atoms with Crippen molar-refractivity contribution in [3.8, 4) is 0 Å². The van der Waals surface area contributed by atoms with Crippen molar-refractivity contribution in [2.75, 3.05) is 65.3 Å². The molecule has 152 valence electrons. The number of aromatic nitrogens is 2. The molecular formula is C17H24Br5N5. The van der Waals surface area contributed by atoms with Crippen LogP contribution in [0.3, 0.4) is 0 Å². The molecule has 1 fully saturated rings. The number of piperazine rings is 1. The minimum Gasteiger partial charge on any atom is -1.00 e. The molecule has 1 aromatic heterocycles. The van der Waals surface area contributed by atoms with Crippen LogP contribution in [0.25, 0.3) is 11.0 Å². The summed E-state index contributed by atoms with van der Waals surface area (Å²) in [6.07, 6.45) is 1.25. The smallest absolute Gasteiger partial charge is 0.203 e. The number of benzene rings is 1. The molecule has 1 aromatic carbocycles. The normalized spacial score (nSPS) is 16.0. The van der Waals surface area contributed by atoms with Crippen LogP contribution in [-0.2, 0) is 0 Å². The van der Waals surface area contributed by atoms with Crippen LogP contribution in [0.15, 0.2) is 17.9 Å². The van der Waals surface area contributed by atoms with E-state index in [1.807, 2.05) is 0 Å². The summed E-state index contributed by atoms with van der Waals surface area (Å²) < 4.78 is 4.93. The van der Waals surface area contributed by atoms with Crippen molar-refractivity contribution < 1.29 is 21.5 Å². The molecule has 2 heterocycles. The van der Waals surface area contributed by atoms with E-state index in [0.29, 0.717) is 0 Å². The Hall–Kier alpha value is 0.810. The number of rotatable bonds is 5. The van der Waals surface area contributed by atoms with Gasteiger partial charge in [0, 0.05) is 48.1 Å². The van der Waals surface area contributed by atoms with Gasteiger partial charge < -0.3 is 31.3 Å². The SMILES string of the molecule is C[N+](C)(C)CCCN1CCN(c2nc3c(Br)c(Br)c(Br)c(Br)c3[nH]2)CC1.[Br-]. The third kappa shape index (κ3) is 5.70. The molecule has 5 nitrogen and oxygen atoms in total. The first kappa shape index (κ1) is 24.1. The summed E-state index contributed by atoms with van der Waals surface area (Å²) in [7, 11) is 6.77. The first-order valence-corrected chi connectivity index (χ1v) is 11.8. The summed E-state index contributed by atoms with van der Waals surface area (Å²) in [5.74, 6) is 0.942. The molecule has 1 saturated heterocycles. The van der Waals surface area contributed by atoms with Crippen molar-refractivity contribution in [2.24, 2.45) is 0 Å². The summed E-state index contributed by atoms with van der Waals surface area (Å²) in [4.78, 5) is 13.2. The van der Waals surface area contributed by atoms with Gasteiger partial charge in [-0.25, -0.2) is 4.98 Å². The molecule has 1 aliphatic rings. The second-order valence-corrected chi connectivity index (χ2v) is 10.9. The number of anilines is 1. The average molecular weight is 698 g/mol. The maximum Gasteiger partial charge on any atom is 0.203 e. The Balaban J connectivity index is 0.00000261. The van der Waals surface area contributed by atoms with Gasteiger partial charge in [-0.05, 0) is 63.7 Å². The Morgan fingerprint density at radius 3 is 2.11 bits per heavy atom. The van der Waals surface area contributed by atoms with Gasteiger partial charge in [-0.2, -0.15) is 0 Å². The lowest BCUT2D eigenvalue weighted by Crippen LogP contribution is -3.00. The predicted octanol–water partition coefficient (Wildman–Crippen LogP) is 1.84. The second kappa shape index (κ2) is 9.75. The Morgan fingerprint density at radius 2 is 1.52 bits per heavy atom. The van der Waals surface area contributed by atoms with Crippen LogP contribution < -0.4 is 21.9 Å². The minimum absolute atomic E-state index is 0. The van der Waals surface area contributed by atoms with E-state index < -0.39 is 0 Å². The fourth-order valence-electron chi connectivity index (χ4n) is 3.19. The lowest BCUT2D eigenvalue weighted by Gasteiger charge is -2.35. The highest BCUT2D eigenvalue weighted by molar-refractivity contribution is 9.15. The molecule has 0 bridgehead atoms. The Kier molecular flexibility index (Phi) is 8.69. The number of hydrogen-bond donors (Lipinski definition) is 1. The molecule has 0 radical (unpaired) electrons. The predicted molar refractivity (Wildman–Crippen MR) is 123 cm³/mol. The Bertz CT molecular complexity index is 748. The van der Waals surface area contributed by atoms with Gasteiger partial charge in [0.2, 0.25) is 5.95 Å². The van der Waals surface area contributed by atoms with E-state index in [9.17, 15) is 0 Å². The number of H-pyrrole nitrogens is 1. The third-order valence-electron chi connectivity index (χ3n) is 4.67. The standard InChI is InChI=1S/C17H24Br4N5.BrH/c1-26(2,3)10-4-5-24-6-8-25(9-7-24)17-22-15-13(20)11(18)12(19)14(21)16(15)23-17;/h4-10H2,1-3H3,(H,22,23);1H/q+1;/p-1. The van der Waals surface area contributed by atoms with Crippen molar-refractivity contribution in [3.05, 3.63) is 17.9 Å². The van der Waals surface area contributed by atoms with E-state index in [1.54, 1.807) is 0 Å². The lowest BCUT2D eigenvalue weighted by molar-refractivity contribution is -0.870. The van der Waals surface area contributed by atoms with Gasteiger partial charge >= 0.3 is 0 Å². The maximum atomic E-state index is 4.84. The monoisotopic (exact) mass is 693 g/mol. The zero-order valence-electron chi connectivity index (χ0n) is 15.6. The highest BCUT2D eigenvalue weighted by Gasteiger charge is 2.23. The number of nitrogens with zero attached hydrogens (tertiary/aromatic N) is 4. The molecule has 0 amide bonds. The number of halogens is 5. The van der Waals surface area contributed by atoms with E-state index >= 15 is 0 Å². The molecular weight excluding hydrogens is 674 g/mol. The van der Waals surface area contributed by atoms with Gasteiger partial charge in [0.1, 0.15) is 5.52 Å². The highest BCUT2D eigenvalue weighted by Crippen LogP contribution is 2.43. The van der Waals surface area contributed by atoms with E-state index in [0.717, 1.165) is 65.5 Å². The first-order chi connectivity index (χ1) is 12.2. The summed E-state index contributed by atoms with van der Waals surface area (Å²) in [6, 6.07) is 0. The van der Waals surface area contributed by atoms with Gasteiger partial charge in [-0.15, -0.1) is 0 Å². The molecule has 0 saturated carbocycles. The number of nitrogens with one attached hydrogen (secondary N) is 1. The quantitative estimate of drug-likeness (QED) is 0.295. The molecule has 2 aromatic rings. The van der Waals surface area contributed by atoms with Gasteiger partial charge in [-0.3, -0.25) is 4.90 Å². The van der Waals surface area contributed by atoms with Crippen LogP contribution in [0.5, 0.6) is 0 Å². The zero-order valence-corrected chi connectivity index (χ0v) is 23.6. The average Bonchev–Trinajstić information content (AvgIpc) is 3.03. The molecule has 0 aliphatic carbocycles. The number of fused-ring (bicyclic) bond motifs is 1. The fourth-order valence-corrected chi connectivity index (χ4v) is 5.47. The molecule has 3 rings (SSSR count). The van der Waals surface area contributed by atoms with E-state index in [2.05, 4.69) is 99.6 Å². The lowest BCUT2D eigenvalue weighted by atomic mass is 10.3. The molecule has 27 heavy (non-hydrogen) atoms. The summed E-state index contributed by atoms with van der Waals surface area (Å²) in [5.41, 5.74) is 1.94. The van der Waals surface area contributed by atoms with Crippen LogP contribution in [0.4, 0.5) is 5.95 Å².